The first-order valence-electron chi connectivity index (χ1n) is 12.1. The standard InChI is InChI=1S/C25H33N7O5S/c1-13(2)21(26)24(35)30-18(7-14-9-28-17-6-4-3-5-16(14)17)22(33)32-20(11-38)23(34)31-19(25(36)37)8-15-10-27-12-29-15/h3-6,9-10,12-13,18-21,28,38H,7-8,11,26H2,1-2H3,(H,27,29)(H,30,35)(H,31,34)(H,32,33)(H,36,37). The predicted molar refractivity (Wildman–Crippen MR) is 144 cm³/mol. The van der Waals surface area contributed by atoms with Gasteiger partial charge in [0.2, 0.25) is 17.7 Å². The summed E-state index contributed by atoms with van der Waals surface area (Å²) in [6.45, 7) is 3.59. The van der Waals surface area contributed by atoms with E-state index in [1.165, 1.54) is 12.5 Å². The van der Waals surface area contributed by atoms with Crippen LogP contribution in [0.1, 0.15) is 25.1 Å². The summed E-state index contributed by atoms with van der Waals surface area (Å²) in [6, 6.07) is 3.23. The van der Waals surface area contributed by atoms with Gasteiger partial charge in [0.25, 0.3) is 0 Å². The van der Waals surface area contributed by atoms with Crippen LogP contribution in [0.4, 0.5) is 0 Å². The van der Waals surface area contributed by atoms with Gasteiger partial charge in [0.15, 0.2) is 0 Å². The Morgan fingerprint density at radius 3 is 2.26 bits per heavy atom. The average Bonchev–Trinajstić information content (AvgIpc) is 3.55. The van der Waals surface area contributed by atoms with Gasteiger partial charge in [-0.2, -0.15) is 12.6 Å². The van der Waals surface area contributed by atoms with Crippen molar-refractivity contribution >= 4 is 47.2 Å². The largest absolute Gasteiger partial charge is 0.480 e. The zero-order chi connectivity index (χ0) is 27.8. The summed E-state index contributed by atoms with van der Waals surface area (Å²) >= 11 is 4.18. The Balaban J connectivity index is 1.76. The number of aromatic amines is 2. The van der Waals surface area contributed by atoms with Crippen LogP contribution in [-0.4, -0.2) is 73.7 Å². The van der Waals surface area contributed by atoms with Crippen molar-refractivity contribution in [2.24, 2.45) is 11.7 Å². The van der Waals surface area contributed by atoms with E-state index in [1.54, 1.807) is 20.0 Å². The van der Waals surface area contributed by atoms with Crippen LogP contribution in [-0.2, 0) is 32.0 Å². The molecule has 4 atom stereocenters. The topological polar surface area (TPSA) is 195 Å². The van der Waals surface area contributed by atoms with Gasteiger partial charge in [0.05, 0.1) is 12.4 Å². The molecular weight excluding hydrogens is 510 g/mol. The normalized spacial score (nSPS) is 14.4. The molecule has 0 aliphatic rings. The Kier molecular flexibility index (Phi) is 9.91. The number of amides is 3. The zero-order valence-corrected chi connectivity index (χ0v) is 22.0. The lowest BCUT2D eigenvalue weighted by molar-refractivity contribution is -0.142. The molecule has 1 aromatic carbocycles. The number of thiol groups is 1. The monoisotopic (exact) mass is 543 g/mol. The first kappa shape index (κ1) is 28.7. The maximum absolute atomic E-state index is 13.4. The van der Waals surface area contributed by atoms with Crippen molar-refractivity contribution in [1.82, 2.24) is 30.9 Å². The molecule has 0 bridgehead atoms. The molecule has 2 heterocycles. The van der Waals surface area contributed by atoms with Crippen LogP contribution >= 0.6 is 12.6 Å². The second kappa shape index (κ2) is 13.1. The van der Waals surface area contributed by atoms with Crippen molar-refractivity contribution in [3.63, 3.8) is 0 Å². The molecular formula is C25H33N7O5S. The third-order valence-electron chi connectivity index (χ3n) is 6.16. The maximum Gasteiger partial charge on any atom is 0.326 e. The second-order valence-electron chi connectivity index (χ2n) is 9.32. The molecule has 0 radical (unpaired) electrons. The van der Waals surface area contributed by atoms with E-state index in [0.29, 0.717) is 5.69 Å². The van der Waals surface area contributed by atoms with Crippen molar-refractivity contribution in [3.8, 4) is 0 Å². The number of para-hydroxylation sites is 1. The van der Waals surface area contributed by atoms with Crippen LogP contribution in [0.5, 0.6) is 0 Å². The van der Waals surface area contributed by atoms with E-state index in [-0.39, 0.29) is 24.5 Å². The molecule has 0 saturated carbocycles. The highest BCUT2D eigenvalue weighted by molar-refractivity contribution is 7.80. The maximum atomic E-state index is 13.4. The highest BCUT2D eigenvalue weighted by Gasteiger charge is 2.31. The number of H-pyrrole nitrogens is 2. The molecule has 8 N–H and O–H groups in total. The Labute approximate surface area is 225 Å². The van der Waals surface area contributed by atoms with Gasteiger partial charge >= 0.3 is 5.97 Å². The minimum atomic E-state index is -1.26. The average molecular weight is 544 g/mol. The van der Waals surface area contributed by atoms with Crippen LogP contribution < -0.4 is 21.7 Å². The minimum absolute atomic E-state index is 0.0271. The van der Waals surface area contributed by atoms with Crippen molar-refractivity contribution in [2.45, 2.75) is 50.9 Å². The van der Waals surface area contributed by atoms with Crippen LogP contribution in [0, 0.1) is 5.92 Å². The number of rotatable bonds is 13. The fourth-order valence-corrected chi connectivity index (χ4v) is 4.11. The summed E-state index contributed by atoms with van der Waals surface area (Å²) in [7, 11) is 0. The molecule has 0 spiro atoms. The van der Waals surface area contributed by atoms with Gasteiger partial charge in [-0.3, -0.25) is 14.4 Å². The number of carbonyl (C=O) groups excluding carboxylic acids is 3. The molecule has 204 valence electrons. The molecule has 2 aromatic heterocycles. The van der Waals surface area contributed by atoms with Gasteiger partial charge in [-0.15, -0.1) is 0 Å². The number of aromatic nitrogens is 3. The fourth-order valence-electron chi connectivity index (χ4n) is 3.86. The van der Waals surface area contributed by atoms with Crippen LogP contribution in [0.15, 0.2) is 43.0 Å². The number of nitrogens with two attached hydrogens (primary N) is 1. The van der Waals surface area contributed by atoms with E-state index in [4.69, 9.17) is 5.73 Å². The number of fused-ring (bicyclic) bond motifs is 1. The zero-order valence-electron chi connectivity index (χ0n) is 21.1. The van der Waals surface area contributed by atoms with Crippen molar-refractivity contribution in [3.05, 3.63) is 54.2 Å². The summed E-state index contributed by atoms with van der Waals surface area (Å²) in [4.78, 5) is 60.5. The molecule has 3 amide bonds. The smallest absolute Gasteiger partial charge is 0.326 e. The van der Waals surface area contributed by atoms with Gasteiger partial charge in [-0.25, -0.2) is 9.78 Å². The van der Waals surface area contributed by atoms with Gasteiger partial charge in [-0.05, 0) is 17.5 Å². The van der Waals surface area contributed by atoms with E-state index in [2.05, 4.69) is 43.5 Å². The number of aliphatic carboxylic acids is 1. The lowest BCUT2D eigenvalue weighted by Crippen LogP contribution is -2.58. The Hall–Kier alpha value is -3.84. The number of nitrogens with zero attached hydrogens (tertiary/aromatic N) is 1. The summed E-state index contributed by atoms with van der Waals surface area (Å²) in [6.07, 6.45) is 4.72. The van der Waals surface area contributed by atoms with Gasteiger partial charge in [0, 0.05) is 47.6 Å². The SMILES string of the molecule is CC(C)C(N)C(=O)NC(Cc1c[nH]c2ccccc12)C(=O)NC(CS)C(=O)NC(Cc1cnc[nH]1)C(=O)O. The van der Waals surface area contributed by atoms with Crippen LogP contribution in [0.25, 0.3) is 10.9 Å². The lowest BCUT2D eigenvalue weighted by Gasteiger charge is -2.25. The van der Waals surface area contributed by atoms with Crippen molar-refractivity contribution in [2.75, 3.05) is 5.75 Å². The first-order valence-corrected chi connectivity index (χ1v) is 12.8. The Morgan fingerprint density at radius 2 is 1.63 bits per heavy atom. The van der Waals surface area contributed by atoms with Crippen LogP contribution in [0.3, 0.4) is 0 Å². The van der Waals surface area contributed by atoms with Crippen molar-refractivity contribution in [1.29, 1.82) is 0 Å². The van der Waals surface area contributed by atoms with E-state index in [1.807, 2.05) is 24.3 Å². The first-order chi connectivity index (χ1) is 18.1. The lowest BCUT2D eigenvalue weighted by atomic mass is 10.0. The molecule has 12 nitrogen and oxygen atoms in total. The quantitative estimate of drug-likeness (QED) is 0.140. The number of hydrogen-bond acceptors (Lipinski definition) is 7. The van der Waals surface area contributed by atoms with E-state index in [0.717, 1.165) is 16.5 Å². The van der Waals surface area contributed by atoms with Gasteiger partial charge in [0.1, 0.15) is 18.1 Å². The summed E-state index contributed by atoms with van der Waals surface area (Å²) in [5.74, 6) is -3.37. The van der Waals surface area contributed by atoms with Gasteiger partial charge < -0.3 is 36.8 Å². The number of carboxylic acids is 1. The summed E-state index contributed by atoms with van der Waals surface area (Å²) < 4.78 is 0. The number of nitrogens with one attached hydrogen (secondary N) is 5. The molecule has 0 aliphatic heterocycles. The molecule has 13 heteroatoms. The number of carboxylic acid groups (broad SMARTS) is 1. The van der Waals surface area contributed by atoms with Crippen molar-refractivity contribution < 1.29 is 24.3 Å². The number of hydrogen-bond donors (Lipinski definition) is 8. The Morgan fingerprint density at radius 1 is 0.974 bits per heavy atom. The van der Waals surface area contributed by atoms with E-state index in [9.17, 15) is 24.3 Å². The third kappa shape index (κ3) is 7.35. The number of imidazole rings is 1. The second-order valence-corrected chi connectivity index (χ2v) is 9.68. The highest BCUT2D eigenvalue weighted by atomic mass is 32.1. The molecule has 0 saturated heterocycles. The predicted octanol–water partition coefficient (Wildman–Crippen LogP) is 0.128. The molecule has 38 heavy (non-hydrogen) atoms. The molecule has 4 unspecified atom stereocenters. The van der Waals surface area contributed by atoms with Crippen LogP contribution in [0.2, 0.25) is 0 Å². The molecule has 0 fully saturated rings. The minimum Gasteiger partial charge on any atom is -0.480 e. The Bertz CT molecular complexity index is 1260. The number of benzene rings is 1. The molecule has 0 aliphatic carbocycles. The fraction of sp³-hybridized carbons (Fsp3) is 0.400. The molecule has 3 aromatic rings. The summed E-state index contributed by atoms with van der Waals surface area (Å²) in [5, 5.41) is 18.2. The van der Waals surface area contributed by atoms with Gasteiger partial charge in [-0.1, -0.05) is 32.0 Å². The van der Waals surface area contributed by atoms with E-state index < -0.39 is 47.9 Å². The third-order valence-corrected chi connectivity index (χ3v) is 6.53. The molecule has 3 rings (SSSR count). The number of carbonyl (C=O) groups is 4. The highest BCUT2D eigenvalue weighted by Crippen LogP contribution is 2.19. The summed E-state index contributed by atoms with van der Waals surface area (Å²) in [5.41, 5.74) is 8.18. The van der Waals surface area contributed by atoms with E-state index >= 15 is 0 Å².